The van der Waals surface area contributed by atoms with Crippen LogP contribution in [0.25, 0.3) is 11.0 Å². The maximum absolute atomic E-state index is 14.7. The van der Waals surface area contributed by atoms with Crippen LogP contribution in [0.15, 0.2) is 48.7 Å². The molecular formula is C22H23FN4O3. The maximum Gasteiger partial charge on any atom is 0.410 e. The second-order valence-corrected chi connectivity index (χ2v) is 7.04. The van der Waals surface area contributed by atoms with Crippen LogP contribution < -0.4 is 9.64 Å². The molecule has 3 heterocycles. The fraction of sp³-hybridized carbons (Fsp3) is 0.318. The molecule has 0 unspecified atom stereocenters. The van der Waals surface area contributed by atoms with E-state index in [-0.39, 0.29) is 12.7 Å². The highest BCUT2D eigenvalue weighted by Gasteiger charge is 2.24. The van der Waals surface area contributed by atoms with Gasteiger partial charge in [-0.05, 0) is 18.1 Å². The number of benzene rings is 1. The monoisotopic (exact) mass is 410 g/mol. The summed E-state index contributed by atoms with van der Waals surface area (Å²) in [5.74, 6) is -0.0413. The molecule has 1 aliphatic rings. The molecule has 3 aromatic rings. The molecule has 1 fully saturated rings. The standard InChI is InChI=1S/C22H23FN4O3/c1-29-19-9-8-18-20(25-19)21(17(23)14-24-18)26-10-5-11-27(13-12-26)22(28)30-15-16-6-3-2-4-7-16/h2-4,6-9,14H,5,10-13,15H2,1H3. The number of rotatable bonds is 4. The minimum atomic E-state index is -0.441. The Balaban J connectivity index is 1.48. The van der Waals surface area contributed by atoms with Crippen molar-refractivity contribution in [2.45, 2.75) is 13.0 Å². The third kappa shape index (κ3) is 4.27. The van der Waals surface area contributed by atoms with Gasteiger partial charge >= 0.3 is 6.09 Å². The van der Waals surface area contributed by atoms with Crippen LogP contribution in [0.5, 0.6) is 5.88 Å². The second kappa shape index (κ2) is 8.94. The maximum atomic E-state index is 14.7. The molecular weight excluding hydrogens is 387 g/mol. The van der Waals surface area contributed by atoms with E-state index < -0.39 is 5.82 Å². The average Bonchev–Trinajstić information content (AvgIpc) is 3.04. The van der Waals surface area contributed by atoms with Gasteiger partial charge in [0.05, 0.1) is 18.8 Å². The summed E-state index contributed by atoms with van der Waals surface area (Å²) in [5.41, 5.74) is 2.37. The highest BCUT2D eigenvalue weighted by Crippen LogP contribution is 2.29. The highest BCUT2D eigenvalue weighted by molar-refractivity contribution is 5.88. The van der Waals surface area contributed by atoms with Crippen molar-refractivity contribution < 1.29 is 18.7 Å². The molecule has 1 amide bonds. The molecule has 8 heteroatoms. The third-order valence-electron chi connectivity index (χ3n) is 5.10. The molecule has 0 saturated carbocycles. The van der Waals surface area contributed by atoms with Crippen LogP contribution in [0.3, 0.4) is 0 Å². The average molecular weight is 410 g/mol. The van der Waals surface area contributed by atoms with E-state index in [9.17, 15) is 9.18 Å². The van der Waals surface area contributed by atoms with Gasteiger partial charge in [-0.15, -0.1) is 0 Å². The van der Waals surface area contributed by atoms with Crippen molar-refractivity contribution in [3.63, 3.8) is 0 Å². The van der Waals surface area contributed by atoms with E-state index in [1.54, 1.807) is 17.0 Å². The fourth-order valence-electron chi connectivity index (χ4n) is 3.56. The summed E-state index contributed by atoms with van der Waals surface area (Å²) < 4.78 is 25.4. The van der Waals surface area contributed by atoms with Crippen molar-refractivity contribution in [2.24, 2.45) is 0 Å². The number of aromatic nitrogens is 2. The van der Waals surface area contributed by atoms with Crippen LogP contribution in [0, 0.1) is 5.82 Å². The Labute approximate surface area is 174 Å². The molecule has 0 atom stereocenters. The summed E-state index contributed by atoms with van der Waals surface area (Å²) in [5, 5.41) is 0. The summed E-state index contributed by atoms with van der Waals surface area (Å²) in [4.78, 5) is 24.6. The topological polar surface area (TPSA) is 67.8 Å². The van der Waals surface area contributed by atoms with Gasteiger partial charge in [-0.2, -0.15) is 0 Å². The van der Waals surface area contributed by atoms with E-state index in [1.807, 2.05) is 35.2 Å². The molecule has 1 aromatic carbocycles. The number of ether oxygens (including phenoxy) is 2. The third-order valence-corrected chi connectivity index (χ3v) is 5.10. The lowest BCUT2D eigenvalue weighted by molar-refractivity contribution is 0.0986. The first kappa shape index (κ1) is 19.9. The Bertz CT molecular complexity index is 1030. The smallest absolute Gasteiger partial charge is 0.410 e. The number of fused-ring (bicyclic) bond motifs is 1. The summed E-state index contributed by atoms with van der Waals surface area (Å²) in [7, 11) is 1.52. The Morgan fingerprint density at radius 1 is 1.10 bits per heavy atom. The van der Waals surface area contributed by atoms with E-state index >= 15 is 0 Å². The number of carbonyl (C=O) groups is 1. The summed E-state index contributed by atoms with van der Waals surface area (Å²) in [6, 6.07) is 13.0. The van der Waals surface area contributed by atoms with Gasteiger partial charge in [0, 0.05) is 32.2 Å². The second-order valence-electron chi connectivity index (χ2n) is 7.04. The molecule has 2 aromatic heterocycles. The number of pyridine rings is 2. The summed E-state index contributed by atoms with van der Waals surface area (Å²) >= 11 is 0. The first-order valence-electron chi connectivity index (χ1n) is 9.85. The molecule has 1 aliphatic heterocycles. The van der Waals surface area contributed by atoms with Gasteiger partial charge in [0.15, 0.2) is 5.82 Å². The quantitative estimate of drug-likeness (QED) is 0.654. The molecule has 0 aliphatic carbocycles. The number of carbonyl (C=O) groups excluding carboxylic acids is 1. The minimum absolute atomic E-state index is 0.229. The Morgan fingerprint density at radius 2 is 1.93 bits per heavy atom. The Kier molecular flexibility index (Phi) is 5.92. The fourth-order valence-corrected chi connectivity index (χ4v) is 3.56. The van der Waals surface area contributed by atoms with Crippen LogP contribution >= 0.6 is 0 Å². The van der Waals surface area contributed by atoms with E-state index in [0.29, 0.717) is 55.2 Å². The van der Waals surface area contributed by atoms with Crippen LogP contribution in [-0.4, -0.2) is 54.2 Å². The van der Waals surface area contributed by atoms with Crippen molar-refractivity contribution in [2.75, 3.05) is 38.2 Å². The van der Waals surface area contributed by atoms with Crippen molar-refractivity contribution in [1.82, 2.24) is 14.9 Å². The number of nitrogens with zero attached hydrogens (tertiary/aromatic N) is 4. The number of halogens is 1. The largest absolute Gasteiger partial charge is 0.481 e. The van der Waals surface area contributed by atoms with E-state index in [2.05, 4.69) is 9.97 Å². The number of methoxy groups -OCH3 is 1. The van der Waals surface area contributed by atoms with E-state index in [4.69, 9.17) is 9.47 Å². The van der Waals surface area contributed by atoms with Gasteiger partial charge in [0.2, 0.25) is 5.88 Å². The van der Waals surface area contributed by atoms with Gasteiger partial charge in [0.25, 0.3) is 0 Å². The van der Waals surface area contributed by atoms with Crippen molar-refractivity contribution >= 4 is 22.8 Å². The predicted octanol–water partition coefficient (Wildman–Crippen LogP) is 3.63. The van der Waals surface area contributed by atoms with Crippen molar-refractivity contribution in [1.29, 1.82) is 0 Å². The van der Waals surface area contributed by atoms with Crippen LogP contribution in [0.4, 0.5) is 14.9 Å². The highest BCUT2D eigenvalue weighted by atomic mass is 19.1. The zero-order valence-electron chi connectivity index (χ0n) is 16.8. The molecule has 4 rings (SSSR count). The first-order valence-corrected chi connectivity index (χ1v) is 9.85. The van der Waals surface area contributed by atoms with E-state index in [0.717, 1.165) is 5.56 Å². The van der Waals surface area contributed by atoms with Crippen molar-refractivity contribution in [3.8, 4) is 5.88 Å². The molecule has 0 radical (unpaired) electrons. The summed E-state index contributed by atoms with van der Waals surface area (Å²) in [6.45, 7) is 2.27. The molecule has 0 N–H and O–H groups in total. The first-order chi connectivity index (χ1) is 14.7. The zero-order chi connectivity index (χ0) is 20.9. The zero-order valence-corrected chi connectivity index (χ0v) is 16.8. The number of amides is 1. The molecule has 0 spiro atoms. The lowest BCUT2D eigenvalue weighted by atomic mass is 10.2. The molecule has 0 bridgehead atoms. The van der Waals surface area contributed by atoms with Crippen molar-refractivity contribution in [3.05, 3.63) is 60.0 Å². The van der Waals surface area contributed by atoms with Crippen LogP contribution in [-0.2, 0) is 11.3 Å². The Hall–Kier alpha value is -3.42. The lowest BCUT2D eigenvalue weighted by Gasteiger charge is -2.24. The van der Waals surface area contributed by atoms with Crippen LogP contribution in [0.1, 0.15) is 12.0 Å². The lowest BCUT2D eigenvalue weighted by Crippen LogP contribution is -2.35. The van der Waals surface area contributed by atoms with Gasteiger partial charge in [-0.3, -0.25) is 4.98 Å². The molecule has 1 saturated heterocycles. The normalized spacial score (nSPS) is 14.5. The van der Waals surface area contributed by atoms with Crippen LogP contribution in [0.2, 0.25) is 0 Å². The molecule has 30 heavy (non-hydrogen) atoms. The van der Waals surface area contributed by atoms with Gasteiger partial charge in [0.1, 0.15) is 17.8 Å². The van der Waals surface area contributed by atoms with E-state index in [1.165, 1.54) is 13.3 Å². The number of hydrogen-bond donors (Lipinski definition) is 0. The minimum Gasteiger partial charge on any atom is -0.481 e. The predicted molar refractivity (Wildman–Crippen MR) is 111 cm³/mol. The van der Waals surface area contributed by atoms with Gasteiger partial charge in [-0.1, -0.05) is 30.3 Å². The Morgan fingerprint density at radius 3 is 2.73 bits per heavy atom. The summed E-state index contributed by atoms with van der Waals surface area (Å²) in [6.07, 6.45) is 1.54. The molecule has 7 nitrogen and oxygen atoms in total. The molecule has 156 valence electrons. The number of hydrogen-bond acceptors (Lipinski definition) is 6. The van der Waals surface area contributed by atoms with Gasteiger partial charge in [-0.25, -0.2) is 14.2 Å². The number of anilines is 1. The SMILES string of the molecule is COc1ccc2ncc(F)c(N3CCCN(C(=O)OCc4ccccc4)CC3)c2n1. The van der Waals surface area contributed by atoms with Gasteiger partial charge < -0.3 is 19.3 Å².